The van der Waals surface area contributed by atoms with Gasteiger partial charge in [0.2, 0.25) is 0 Å². The van der Waals surface area contributed by atoms with E-state index in [9.17, 15) is 9.59 Å². The zero-order valence-electron chi connectivity index (χ0n) is 52.1. The molecule has 8 nitrogen and oxygen atoms in total. The van der Waals surface area contributed by atoms with E-state index in [2.05, 4.69) is 190 Å². The van der Waals surface area contributed by atoms with Gasteiger partial charge in [0.15, 0.2) is 44.8 Å². The number of hydrogen-bond acceptors (Lipinski definition) is 8. The highest BCUT2D eigenvalue weighted by molar-refractivity contribution is 6.75. The molecule has 1 N–H and O–H groups in total. The number of nitrogens with one attached hydrogen (secondary N) is 1. The molecule has 0 saturated heterocycles. The molecule has 0 fully saturated rings. The number of nitrogens with zero attached hydrogens (tertiary/aromatic N) is 1. The van der Waals surface area contributed by atoms with Crippen molar-refractivity contribution in [3.8, 4) is 0 Å². The Morgan fingerprint density at radius 3 is 1.11 bits per heavy atom. The molecule has 0 radical (unpaired) electrons. The predicted octanol–water partition coefficient (Wildman–Crippen LogP) is 16.9. The van der Waals surface area contributed by atoms with Gasteiger partial charge in [0.05, 0.1) is 0 Å². The van der Waals surface area contributed by atoms with Gasteiger partial charge in [0.25, 0.3) is 0 Å². The summed E-state index contributed by atoms with van der Waals surface area (Å²) < 4.78 is 27.5. The van der Waals surface area contributed by atoms with E-state index in [1.807, 2.05) is 32.3 Å². The van der Waals surface area contributed by atoms with Crippen LogP contribution in [0.4, 0.5) is 5.69 Å². The molecule has 0 bridgehead atoms. The number of Topliss-reactive ketones (excluding diaryl/α,β-unsaturated/α-hetero) is 2. The van der Waals surface area contributed by atoms with Gasteiger partial charge in [-0.25, -0.2) is 0 Å². The number of fused-ring (bicyclic) bond motifs is 4. The maximum Gasteiger partial charge on any atom is 0.192 e. The van der Waals surface area contributed by atoms with Crippen LogP contribution >= 0.6 is 11.6 Å². The summed E-state index contributed by atoms with van der Waals surface area (Å²) in [5, 5.41) is 8.12. The molecule has 6 rings (SSSR count). The summed E-state index contributed by atoms with van der Waals surface area (Å²) >= 11 is 6.60. The van der Waals surface area contributed by atoms with Crippen LogP contribution in [-0.2, 0) is 43.4 Å². The SMILES string of the molecule is CC(=O)c1c2c(cc3c(Cl)cccc13)CC(CO[Si](C)(C)C(C)(C)C)(CO[Si](C)(C)C(C)(C)C)C2.CC(=O)c1c2c(cc3c(N(C)C)cccc13)CC(CO[Si](C)(C)C(C)(C)C)(CO[Si](C)(C)C(C)(C)C)C2.CNC. The minimum absolute atomic E-state index is 0.0977. The molecule has 2 aliphatic rings. The number of carbonyl (C=O) groups excluding carboxylic acids is 2. The highest BCUT2D eigenvalue weighted by Crippen LogP contribution is 2.49. The van der Waals surface area contributed by atoms with E-state index in [-0.39, 0.29) is 42.5 Å². The molecule has 0 aromatic heterocycles. The van der Waals surface area contributed by atoms with E-state index in [4.69, 9.17) is 29.3 Å². The van der Waals surface area contributed by atoms with E-state index < -0.39 is 33.3 Å². The molecule has 0 amide bonds. The quantitative estimate of drug-likeness (QED) is 0.0931. The van der Waals surface area contributed by atoms with Crippen LogP contribution in [0.3, 0.4) is 0 Å². The standard InChI is InChI=1S/C31H51NO3Si2.C29H45ClO3Si2.C2H7N/c1-22(33)28-24-15-14-16-27(32(8)9)25(24)17-23-18-31(19-26(23)28,20-34-36(10,11)29(2,3)4)21-35-37(12,13)30(5,6)7;1-20(31)26-22-13-12-14-25(30)23(22)15-21-16-29(17-24(21)26,18-32-34(8,9)27(2,3)4)19-33-35(10,11)28(5,6)7;1-3-2/h14-17H,18-21H2,1-13H3;12-15H,16-19H2,1-11H3;3H,1-2H3. The monoisotopic (exact) mass is 1120 g/mol. The Hall–Kier alpha value is -2.50. The van der Waals surface area contributed by atoms with Crippen molar-refractivity contribution in [3.63, 3.8) is 0 Å². The number of rotatable bonds is 15. The Labute approximate surface area is 466 Å². The molecule has 0 saturated carbocycles. The largest absolute Gasteiger partial charge is 0.416 e. The second-order valence-electron chi connectivity index (χ2n) is 28.9. The average molecular weight is 1120 g/mol. The van der Waals surface area contributed by atoms with Gasteiger partial charge in [0.1, 0.15) is 0 Å². The number of hydrogen-bond donors (Lipinski definition) is 1. The van der Waals surface area contributed by atoms with Crippen LogP contribution in [0.5, 0.6) is 0 Å². The maximum atomic E-state index is 13.1. The van der Waals surface area contributed by atoms with Crippen LogP contribution in [0.2, 0.25) is 77.6 Å². The molecule has 0 unspecified atom stereocenters. The van der Waals surface area contributed by atoms with Crippen LogP contribution in [-0.4, -0.2) is 99.5 Å². The Morgan fingerprint density at radius 2 is 0.813 bits per heavy atom. The van der Waals surface area contributed by atoms with E-state index in [0.717, 1.165) is 69.6 Å². The average Bonchev–Trinajstić information content (AvgIpc) is 3.82. The highest BCUT2D eigenvalue weighted by atomic mass is 35.5. The smallest absolute Gasteiger partial charge is 0.192 e. The first kappa shape index (κ1) is 65.0. The molecular formula is C62H103ClN2O6Si4. The zero-order valence-corrected chi connectivity index (χ0v) is 56.8. The van der Waals surface area contributed by atoms with Gasteiger partial charge >= 0.3 is 0 Å². The van der Waals surface area contributed by atoms with Crippen molar-refractivity contribution in [2.24, 2.45) is 10.8 Å². The third-order valence-electron chi connectivity index (χ3n) is 18.3. The Balaban J connectivity index is 0.000000309. The molecule has 420 valence electrons. The van der Waals surface area contributed by atoms with Crippen LogP contribution in [0.15, 0.2) is 48.5 Å². The summed E-state index contributed by atoms with van der Waals surface area (Å²) in [6.45, 7) is 52.1. The van der Waals surface area contributed by atoms with Crippen molar-refractivity contribution in [1.29, 1.82) is 0 Å². The normalized spacial score (nSPS) is 16.0. The molecular weight excluding hydrogens is 1020 g/mol. The zero-order chi connectivity index (χ0) is 57.5. The Kier molecular flexibility index (Phi) is 20.2. The van der Waals surface area contributed by atoms with Crippen molar-refractivity contribution >= 4 is 83.7 Å². The van der Waals surface area contributed by atoms with Gasteiger partial charge in [-0.05, 0) is 183 Å². The maximum absolute atomic E-state index is 13.1. The third-order valence-corrected chi connectivity index (χ3v) is 36.5. The lowest BCUT2D eigenvalue weighted by Gasteiger charge is -2.42. The second kappa shape index (κ2) is 23.3. The number of halogens is 1. The Morgan fingerprint density at radius 1 is 0.520 bits per heavy atom. The second-order valence-corrected chi connectivity index (χ2v) is 48.5. The summed E-state index contributed by atoms with van der Waals surface area (Å²) in [5.74, 6) is 0.240. The fraction of sp³-hybridized carbons (Fsp3) is 0.645. The summed E-state index contributed by atoms with van der Waals surface area (Å²) in [7, 11) is 0.0521. The molecule has 0 spiro atoms. The molecule has 0 aliphatic heterocycles. The molecule has 0 heterocycles. The van der Waals surface area contributed by atoms with Crippen molar-refractivity contribution in [3.05, 3.63) is 86.9 Å². The lowest BCUT2D eigenvalue weighted by atomic mass is 9.86. The summed E-state index contributed by atoms with van der Waals surface area (Å²) in [6, 6.07) is 16.7. The van der Waals surface area contributed by atoms with Crippen LogP contribution < -0.4 is 10.2 Å². The number of anilines is 1. The van der Waals surface area contributed by atoms with Crippen molar-refractivity contribution in [2.45, 2.75) is 195 Å². The minimum atomic E-state index is -1.96. The van der Waals surface area contributed by atoms with E-state index in [1.165, 1.54) is 16.7 Å². The fourth-order valence-electron chi connectivity index (χ4n) is 9.28. The minimum Gasteiger partial charge on any atom is -0.416 e. The number of benzene rings is 4. The molecule has 4 aromatic rings. The van der Waals surface area contributed by atoms with E-state index in [0.29, 0.717) is 31.5 Å². The van der Waals surface area contributed by atoms with Crippen LogP contribution in [0.1, 0.15) is 140 Å². The third kappa shape index (κ3) is 14.7. The van der Waals surface area contributed by atoms with Gasteiger partial charge in [-0.1, -0.05) is 119 Å². The molecule has 75 heavy (non-hydrogen) atoms. The first-order chi connectivity index (χ1) is 33.9. The highest BCUT2D eigenvalue weighted by Gasteiger charge is 2.49. The Bertz CT molecular complexity index is 2620. The van der Waals surface area contributed by atoms with Gasteiger partial charge in [0, 0.05) is 84.0 Å². The topological polar surface area (TPSA) is 86.3 Å². The summed E-state index contributed by atoms with van der Waals surface area (Å²) in [4.78, 5) is 28.2. The lowest BCUT2D eigenvalue weighted by molar-refractivity contribution is 0.0729. The number of ketones is 2. The summed E-state index contributed by atoms with van der Waals surface area (Å²) in [5.41, 5.74) is 7.35. The summed E-state index contributed by atoms with van der Waals surface area (Å²) in [6.07, 6.45) is 3.34. The van der Waals surface area contributed by atoms with Crippen LogP contribution in [0.25, 0.3) is 21.5 Å². The van der Waals surface area contributed by atoms with Crippen molar-refractivity contribution in [1.82, 2.24) is 5.32 Å². The molecule has 13 heteroatoms. The molecule has 4 aromatic carbocycles. The van der Waals surface area contributed by atoms with Crippen LogP contribution in [0, 0.1) is 10.8 Å². The van der Waals surface area contributed by atoms with Crippen molar-refractivity contribution < 1.29 is 27.3 Å². The molecule has 2 aliphatic carbocycles. The van der Waals surface area contributed by atoms with Crippen molar-refractivity contribution in [2.75, 3.05) is 59.5 Å². The predicted molar refractivity (Wildman–Crippen MR) is 335 cm³/mol. The fourth-order valence-corrected chi connectivity index (χ4v) is 13.9. The van der Waals surface area contributed by atoms with Gasteiger partial charge in [-0.15, -0.1) is 0 Å². The number of carbonyl (C=O) groups is 2. The first-order valence-electron chi connectivity index (χ1n) is 27.6. The van der Waals surface area contributed by atoms with Gasteiger partial charge < -0.3 is 27.9 Å². The molecule has 0 atom stereocenters. The van der Waals surface area contributed by atoms with E-state index >= 15 is 0 Å². The first-order valence-corrected chi connectivity index (χ1v) is 39.6. The van der Waals surface area contributed by atoms with E-state index in [1.54, 1.807) is 13.8 Å². The van der Waals surface area contributed by atoms with Gasteiger partial charge in [-0.3, -0.25) is 9.59 Å². The van der Waals surface area contributed by atoms with Gasteiger partial charge in [-0.2, -0.15) is 0 Å². The lowest BCUT2D eigenvalue weighted by Crippen LogP contribution is -2.48.